The van der Waals surface area contributed by atoms with Crippen LogP contribution in [0.5, 0.6) is 0 Å². The van der Waals surface area contributed by atoms with Gasteiger partial charge >= 0.3 is 0 Å². The lowest BCUT2D eigenvalue weighted by atomic mass is 9.79. The molecule has 1 aromatic rings. The third-order valence-electron chi connectivity index (χ3n) is 4.54. The van der Waals surface area contributed by atoms with Gasteiger partial charge in [0, 0.05) is 18.3 Å². The molecule has 1 heterocycles. The maximum atomic E-state index is 6.36. The van der Waals surface area contributed by atoms with Gasteiger partial charge < -0.3 is 10.3 Å². The van der Waals surface area contributed by atoms with Crippen LogP contribution in [-0.4, -0.2) is 9.55 Å². The monoisotopic (exact) mass is 263 g/mol. The van der Waals surface area contributed by atoms with Crippen molar-refractivity contribution in [3.63, 3.8) is 0 Å². The first-order chi connectivity index (χ1) is 8.99. The molecule has 0 saturated heterocycles. The maximum absolute atomic E-state index is 6.36. The van der Waals surface area contributed by atoms with Gasteiger partial charge in [0.2, 0.25) is 0 Å². The molecule has 1 fully saturated rings. The van der Waals surface area contributed by atoms with Gasteiger partial charge in [0.1, 0.15) is 0 Å². The molecule has 1 aliphatic rings. The first-order valence-electron chi connectivity index (χ1n) is 7.76. The fourth-order valence-corrected chi connectivity index (χ4v) is 3.57. The van der Waals surface area contributed by atoms with E-state index in [2.05, 4.69) is 37.2 Å². The molecule has 0 aliphatic heterocycles. The lowest BCUT2D eigenvalue weighted by Crippen LogP contribution is -2.27. The number of nitrogens with zero attached hydrogens (tertiary/aromatic N) is 2. The molecule has 1 saturated carbocycles. The molecule has 0 amide bonds. The average Bonchev–Trinajstić information content (AvgIpc) is 2.76. The minimum atomic E-state index is 0.119. The van der Waals surface area contributed by atoms with Crippen molar-refractivity contribution in [2.24, 2.45) is 23.5 Å². The van der Waals surface area contributed by atoms with E-state index >= 15 is 0 Å². The summed E-state index contributed by atoms with van der Waals surface area (Å²) in [7, 11) is 0. The zero-order valence-electron chi connectivity index (χ0n) is 12.8. The second-order valence-corrected chi connectivity index (χ2v) is 6.92. The van der Waals surface area contributed by atoms with E-state index in [1.54, 1.807) is 0 Å². The van der Waals surface area contributed by atoms with Gasteiger partial charge in [-0.15, -0.1) is 0 Å². The van der Waals surface area contributed by atoms with E-state index < -0.39 is 0 Å². The summed E-state index contributed by atoms with van der Waals surface area (Å²) >= 11 is 0. The zero-order valence-corrected chi connectivity index (χ0v) is 12.8. The molecule has 3 nitrogen and oxygen atoms in total. The van der Waals surface area contributed by atoms with Crippen LogP contribution >= 0.6 is 0 Å². The first kappa shape index (κ1) is 14.6. The third kappa shape index (κ3) is 3.38. The van der Waals surface area contributed by atoms with Gasteiger partial charge in [0.25, 0.3) is 0 Å². The van der Waals surface area contributed by atoms with Gasteiger partial charge in [-0.1, -0.05) is 27.7 Å². The highest BCUT2D eigenvalue weighted by Crippen LogP contribution is 2.38. The van der Waals surface area contributed by atoms with E-state index in [-0.39, 0.29) is 6.04 Å². The Balaban J connectivity index is 2.14. The third-order valence-corrected chi connectivity index (χ3v) is 4.54. The Morgan fingerprint density at radius 3 is 2.74 bits per heavy atom. The number of aromatic nitrogens is 2. The molecule has 108 valence electrons. The van der Waals surface area contributed by atoms with Crippen molar-refractivity contribution in [3.8, 4) is 0 Å². The van der Waals surface area contributed by atoms with Crippen LogP contribution in [0.2, 0.25) is 0 Å². The molecule has 4 atom stereocenters. The topological polar surface area (TPSA) is 43.8 Å². The van der Waals surface area contributed by atoms with E-state index in [1.807, 2.05) is 12.5 Å². The van der Waals surface area contributed by atoms with Crippen molar-refractivity contribution in [2.75, 3.05) is 0 Å². The number of hydrogen-bond acceptors (Lipinski definition) is 2. The molecule has 1 aromatic heterocycles. The van der Waals surface area contributed by atoms with E-state index in [4.69, 9.17) is 5.73 Å². The molecular formula is C16H29N3. The molecular weight excluding hydrogens is 234 g/mol. The number of hydrogen-bond donors (Lipinski definition) is 1. The molecule has 0 radical (unpaired) electrons. The summed E-state index contributed by atoms with van der Waals surface area (Å²) < 4.78 is 2.36. The van der Waals surface area contributed by atoms with Crippen molar-refractivity contribution in [1.29, 1.82) is 0 Å². The molecule has 3 heteroatoms. The smallest absolute Gasteiger partial charge is 0.0951 e. The predicted octanol–water partition coefficient (Wildman–Crippen LogP) is 3.93. The standard InChI is InChI=1S/C16H29N3/c1-11(2)7-14(17)16-9-18-10-19(16)15-6-5-12(3)8-13(15)4/h9-15H,5-8,17H2,1-4H3. The lowest BCUT2D eigenvalue weighted by molar-refractivity contribution is 0.202. The average molecular weight is 263 g/mol. The highest BCUT2D eigenvalue weighted by Gasteiger charge is 2.28. The Morgan fingerprint density at radius 1 is 1.37 bits per heavy atom. The maximum Gasteiger partial charge on any atom is 0.0951 e. The minimum absolute atomic E-state index is 0.119. The second-order valence-electron chi connectivity index (χ2n) is 6.92. The van der Waals surface area contributed by atoms with Crippen molar-refractivity contribution < 1.29 is 0 Å². The number of imidazole rings is 1. The molecule has 2 rings (SSSR count). The van der Waals surface area contributed by atoms with Gasteiger partial charge in [-0.05, 0) is 43.4 Å². The van der Waals surface area contributed by atoms with Crippen LogP contribution < -0.4 is 5.73 Å². The molecule has 0 aromatic carbocycles. The summed E-state index contributed by atoms with van der Waals surface area (Å²) in [6.45, 7) is 9.20. The van der Waals surface area contributed by atoms with Gasteiger partial charge in [-0.2, -0.15) is 0 Å². The van der Waals surface area contributed by atoms with Crippen molar-refractivity contribution in [3.05, 3.63) is 18.2 Å². The van der Waals surface area contributed by atoms with Gasteiger partial charge in [0.05, 0.1) is 12.0 Å². The summed E-state index contributed by atoms with van der Waals surface area (Å²) in [4.78, 5) is 4.36. The van der Waals surface area contributed by atoms with Crippen LogP contribution in [0.25, 0.3) is 0 Å². The van der Waals surface area contributed by atoms with Gasteiger partial charge in [-0.3, -0.25) is 0 Å². The van der Waals surface area contributed by atoms with Gasteiger partial charge in [0.15, 0.2) is 0 Å². The minimum Gasteiger partial charge on any atom is -0.330 e. The molecule has 0 bridgehead atoms. The van der Waals surface area contributed by atoms with Crippen molar-refractivity contribution in [2.45, 2.75) is 65.5 Å². The van der Waals surface area contributed by atoms with Crippen LogP contribution in [-0.2, 0) is 0 Å². The zero-order chi connectivity index (χ0) is 14.0. The lowest BCUT2D eigenvalue weighted by Gasteiger charge is -2.35. The summed E-state index contributed by atoms with van der Waals surface area (Å²) in [5.41, 5.74) is 7.58. The van der Waals surface area contributed by atoms with Crippen molar-refractivity contribution >= 4 is 0 Å². The molecule has 2 N–H and O–H groups in total. The molecule has 1 aliphatic carbocycles. The SMILES string of the molecule is CC(C)CC(N)c1cncn1C1CCC(C)CC1C. The Bertz CT molecular complexity index is 396. The predicted molar refractivity (Wildman–Crippen MR) is 79.8 cm³/mol. The fourth-order valence-electron chi connectivity index (χ4n) is 3.57. The van der Waals surface area contributed by atoms with Crippen LogP contribution in [0.1, 0.15) is 71.2 Å². The summed E-state index contributed by atoms with van der Waals surface area (Å²) in [6.07, 6.45) is 8.90. The second kappa shape index (κ2) is 6.08. The number of nitrogens with two attached hydrogens (primary N) is 1. The normalized spacial score (nSPS) is 29.7. The summed E-state index contributed by atoms with van der Waals surface area (Å²) in [5, 5.41) is 0. The Morgan fingerprint density at radius 2 is 2.11 bits per heavy atom. The molecule has 19 heavy (non-hydrogen) atoms. The Labute approximate surface area is 117 Å². The summed E-state index contributed by atoms with van der Waals surface area (Å²) in [5.74, 6) is 2.22. The highest BCUT2D eigenvalue weighted by atomic mass is 15.1. The van der Waals surface area contributed by atoms with E-state index in [1.165, 1.54) is 25.0 Å². The van der Waals surface area contributed by atoms with Crippen LogP contribution in [0.15, 0.2) is 12.5 Å². The first-order valence-corrected chi connectivity index (χ1v) is 7.76. The Kier molecular flexibility index (Phi) is 4.67. The quantitative estimate of drug-likeness (QED) is 0.894. The van der Waals surface area contributed by atoms with E-state index in [9.17, 15) is 0 Å². The van der Waals surface area contributed by atoms with Crippen LogP contribution in [0, 0.1) is 17.8 Å². The fraction of sp³-hybridized carbons (Fsp3) is 0.812. The van der Waals surface area contributed by atoms with E-state index in [0.29, 0.717) is 12.0 Å². The Hall–Kier alpha value is -0.830. The van der Waals surface area contributed by atoms with Crippen LogP contribution in [0.3, 0.4) is 0 Å². The highest BCUT2D eigenvalue weighted by molar-refractivity contribution is 5.07. The molecule has 0 spiro atoms. The largest absolute Gasteiger partial charge is 0.330 e. The van der Waals surface area contributed by atoms with E-state index in [0.717, 1.165) is 18.3 Å². The van der Waals surface area contributed by atoms with Crippen LogP contribution in [0.4, 0.5) is 0 Å². The number of rotatable bonds is 4. The van der Waals surface area contributed by atoms with Crippen molar-refractivity contribution in [1.82, 2.24) is 9.55 Å². The summed E-state index contributed by atoms with van der Waals surface area (Å²) in [6, 6.07) is 0.709. The van der Waals surface area contributed by atoms with Gasteiger partial charge in [-0.25, -0.2) is 4.98 Å². The molecule has 4 unspecified atom stereocenters.